The summed E-state index contributed by atoms with van der Waals surface area (Å²) >= 11 is 0. The molecule has 2 bridgehead atoms. The maximum atomic E-state index is 9.20. The van der Waals surface area contributed by atoms with Crippen molar-refractivity contribution >= 4 is 0 Å². The molecular weight excluding hydrogens is 164 g/mol. The van der Waals surface area contributed by atoms with E-state index in [9.17, 15) is 5.26 Å². The van der Waals surface area contributed by atoms with Crippen molar-refractivity contribution in [2.24, 2.45) is 0 Å². The smallest absolute Gasteiger partial charge is 0.133 e. The van der Waals surface area contributed by atoms with E-state index in [4.69, 9.17) is 4.74 Å². The number of rotatable bonds is 2. The molecule has 0 radical (unpaired) electrons. The molecule has 2 aliphatic rings. The average molecular weight is 180 g/mol. The second-order valence-electron chi connectivity index (χ2n) is 3.98. The minimum absolute atomic E-state index is 0.135. The average Bonchev–Trinajstić information content (AvgIpc) is 2.56. The van der Waals surface area contributed by atoms with Gasteiger partial charge in [0.05, 0.1) is 18.3 Å². The van der Waals surface area contributed by atoms with Crippen LogP contribution in [0.1, 0.15) is 32.6 Å². The van der Waals surface area contributed by atoms with Crippen LogP contribution in [0.2, 0.25) is 0 Å². The molecule has 3 atom stereocenters. The number of nitrogens with one attached hydrogen (secondary N) is 1. The van der Waals surface area contributed by atoms with E-state index in [0.29, 0.717) is 6.10 Å². The van der Waals surface area contributed by atoms with Crippen LogP contribution in [0, 0.1) is 11.3 Å². The summed E-state index contributed by atoms with van der Waals surface area (Å²) in [6, 6.07) is 2.41. The third kappa shape index (κ3) is 1.34. The van der Waals surface area contributed by atoms with Crippen LogP contribution in [-0.4, -0.2) is 24.3 Å². The third-order valence-corrected chi connectivity index (χ3v) is 3.21. The van der Waals surface area contributed by atoms with Crippen LogP contribution in [0.25, 0.3) is 0 Å². The Kier molecular flexibility index (Phi) is 2.27. The highest BCUT2D eigenvalue weighted by Crippen LogP contribution is 2.38. The van der Waals surface area contributed by atoms with Crippen molar-refractivity contribution in [2.75, 3.05) is 6.54 Å². The van der Waals surface area contributed by atoms with Crippen molar-refractivity contribution in [3.8, 4) is 6.07 Å². The Morgan fingerprint density at radius 2 is 2.38 bits per heavy atom. The van der Waals surface area contributed by atoms with Gasteiger partial charge in [0.1, 0.15) is 5.54 Å². The Morgan fingerprint density at radius 1 is 1.54 bits per heavy atom. The zero-order chi connectivity index (χ0) is 9.31. The minimum atomic E-state index is -0.387. The van der Waals surface area contributed by atoms with Crippen molar-refractivity contribution in [2.45, 2.75) is 50.4 Å². The van der Waals surface area contributed by atoms with E-state index >= 15 is 0 Å². The Morgan fingerprint density at radius 3 is 3.08 bits per heavy atom. The molecule has 1 N–H and O–H groups in total. The van der Waals surface area contributed by atoms with Crippen molar-refractivity contribution in [3.05, 3.63) is 0 Å². The summed E-state index contributed by atoms with van der Waals surface area (Å²) in [5.41, 5.74) is -0.387. The maximum Gasteiger partial charge on any atom is 0.133 e. The lowest BCUT2D eigenvalue weighted by atomic mass is 9.87. The number of fused-ring (bicyclic) bond motifs is 2. The van der Waals surface area contributed by atoms with E-state index in [0.717, 1.165) is 32.2 Å². The normalized spacial score (nSPS) is 43.1. The number of nitriles is 1. The molecule has 2 saturated heterocycles. The lowest BCUT2D eigenvalue weighted by Gasteiger charge is -2.37. The summed E-state index contributed by atoms with van der Waals surface area (Å²) in [5, 5.41) is 12.5. The standard InChI is InChI=1S/C10H16N2O/c1-2-12-10(7-11)6-5-8-3-4-9(10)13-8/h8-9,12H,2-6H2,1H3. The molecule has 0 amide bonds. The van der Waals surface area contributed by atoms with Crippen LogP contribution < -0.4 is 5.32 Å². The first-order valence-electron chi connectivity index (χ1n) is 5.12. The predicted octanol–water partition coefficient (Wildman–Crippen LogP) is 1.20. The van der Waals surface area contributed by atoms with Gasteiger partial charge in [-0.25, -0.2) is 0 Å². The second kappa shape index (κ2) is 3.28. The zero-order valence-electron chi connectivity index (χ0n) is 8.05. The maximum absolute atomic E-state index is 9.20. The van der Waals surface area contributed by atoms with Gasteiger partial charge in [-0.15, -0.1) is 0 Å². The predicted molar refractivity (Wildman–Crippen MR) is 49.1 cm³/mol. The molecule has 2 fully saturated rings. The van der Waals surface area contributed by atoms with Gasteiger partial charge in [-0.3, -0.25) is 5.32 Å². The van der Waals surface area contributed by atoms with Crippen LogP contribution in [0.5, 0.6) is 0 Å². The summed E-state index contributed by atoms with van der Waals surface area (Å²) in [4.78, 5) is 0. The lowest BCUT2D eigenvalue weighted by molar-refractivity contribution is -0.0387. The highest BCUT2D eigenvalue weighted by molar-refractivity contribution is 5.16. The summed E-state index contributed by atoms with van der Waals surface area (Å²) in [7, 11) is 0. The molecule has 13 heavy (non-hydrogen) atoms. The first-order valence-corrected chi connectivity index (χ1v) is 5.12. The molecule has 3 heteroatoms. The van der Waals surface area contributed by atoms with Crippen molar-refractivity contribution in [3.63, 3.8) is 0 Å². The van der Waals surface area contributed by atoms with Crippen LogP contribution >= 0.6 is 0 Å². The van der Waals surface area contributed by atoms with Gasteiger partial charge < -0.3 is 4.74 Å². The van der Waals surface area contributed by atoms with Gasteiger partial charge in [0, 0.05) is 0 Å². The molecule has 0 aromatic rings. The van der Waals surface area contributed by atoms with E-state index in [-0.39, 0.29) is 11.6 Å². The zero-order valence-corrected chi connectivity index (χ0v) is 8.05. The lowest BCUT2D eigenvalue weighted by Crippen LogP contribution is -2.55. The van der Waals surface area contributed by atoms with E-state index in [1.165, 1.54) is 0 Å². The van der Waals surface area contributed by atoms with Crippen molar-refractivity contribution < 1.29 is 4.74 Å². The Labute approximate surface area is 79.1 Å². The monoisotopic (exact) mass is 180 g/mol. The van der Waals surface area contributed by atoms with Crippen LogP contribution in [0.15, 0.2) is 0 Å². The first kappa shape index (κ1) is 8.98. The van der Waals surface area contributed by atoms with Gasteiger partial charge in [-0.05, 0) is 32.2 Å². The van der Waals surface area contributed by atoms with E-state index in [1.807, 2.05) is 6.92 Å². The SMILES string of the molecule is CCNC1(C#N)CCC2CCC1O2. The quantitative estimate of drug-likeness (QED) is 0.694. The minimum Gasteiger partial charge on any atom is -0.372 e. The Bertz CT molecular complexity index is 236. The van der Waals surface area contributed by atoms with Gasteiger partial charge in [0.25, 0.3) is 0 Å². The summed E-state index contributed by atoms with van der Waals surface area (Å²) in [5.74, 6) is 0. The van der Waals surface area contributed by atoms with E-state index < -0.39 is 0 Å². The molecule has 0 aromatic carbocycles. The number of ether oxygens (including phenoxy) is 1. The largest absolute Gasteiger partial charge is 0.372 e. The summed E-state index contributed by atoms with van der Waals surface area (Å²) in [6.07, 6.45) is 4.75. The molecule has 0 saturated carbocycles. The molecule has 2 heterocycles. The number of hydrogen-bond donors (Lipinski definition) is 1. The van der Waals surface area contributed by atoms with Crippen LogP contribution in [0.3, 0.4) is 0 Å². The fourth-order valence-corrected chi connectivity index (χ4v) is 2.52. The molecular formula is C10H16N2O. The number of hydrogen-bond acceptors (Lipinski definition) is 3. The third-order valence-electron chi connectivity index (χ3n) is 3.21. The van der Waals surface area contributed by atoms with E-state index in [2.05, 4.69) is 11.4 Å². The number of likely N-dealkylation sites (N-methyl/N-ethyl adjacent to an activating group) is 1. The highest BCUT2D eigenvalue weighted by Gasteiger charge is 2.47. The summed E-state index contributed by atoms with van der Waals surface area (Å²) in [6.45, 7) is 2.89. The Hall–Kier alpha value is -0.590. The molecule has 3 nitrogen and oxygen atoms in total. The molecule has 2 aliphatic heterocycles. The van der Waals surface area contributed by atoms with Crippen LogP contribution in [0.4, 0.5) is 0 Å². The van der Waals surface area contributed by atoms with Gasteiger partial charge >= 0.3 is 0 Å². The second-order valence-corrected chi connectivity index (χ2v) is 3.98. The summed E-state index contributed by atoms with van der Waals surface area (Å²) < 4.78 is 5.77. The number of nitrogens with zero attached hydrogens (tertiary/aromatic N) is 1. The highest BCUT2D eigenvalue weighted by atomic mass is 16.5. The fourth-order valence-electron chi connectivity index (χ4n) is 2.52. The van der Waals surface area contributed by atoms with Crippen molar-refractivity contribution in [1.29, 1.82) is 5.26 Å². The van der Waals surface area contributed by atoms with Gasteiger partial charge in [0.15, 0.2) is 0 Å². The van der Waals surface area contributed by atoms with Gasteiger partial charge in [-0.2, -0.15) is 5.26 Å². The molecule has 3 unspecified atom stereocenters. The topological polar surface area (TPSA) is 45.0 Å². The van der Waals surface area contributed by atoms with Crippen molar-refractivity contribution in [1.82, 2.24) is 5.32 Å². The first-order chi connectivity index (χ1) is 6.30. The van der Waals surface area contributed by atoms with Crippen LogP contribution in [-0.2, 0) is 4.74 Å². The molecule has 0 aliphatic carbocycles. The molecule has 72 valence electrons. The molecule has 2 rings (SSSR count). The van der Waals surface area contributed by atoms with Gasteiger partial charge in [0.2, 0.25) is 0 Å². The molecule has 0 spiro atoms. The Balaban J connectivity index is 2.15. The van der Waals surface area contributed by atoms with Gasteiger partial charge in [-0.1, -0.05) is 6.92 Å². The van der Waals surface area contributed by atoms with E-state index in [1.54, 1.807) is 0 Å². The molecule has 0 aromatic heterocycles. The fraction of sp³-hybridized carbons (Fsp3) is 0.900.